The SMILES string of the molecule is COC(=O)N1c2ccc(-c3cnn(C4CCCS(=O)(=O)C4)c3)c(OC3CCC3)c2CC[C@@H]1C. The van der Waals surface area contributed by atoms with Gasteiger partial charge in [-0.05, 0) is 64.0 Å². The molecule has 9 heteroatoms. The molecule has 1 aliphatic carbocycles. The van der Waals surface area contributed by atoms with Gasteiger partial charge in [0.25, 0.3) is 0 Å². The van der Waals surface area contributed by atoms with Crippen LogP contribution in [-0.2, 0) is 21.0 Å². The van der Waals surface area contributed by atoms with Crippen LogP contribution < -0.4 is 9.64 Å². The number of hydrogen-bond acceptors (Lipinski definition) is 6. The number of rotatable bonds is 4. The molecule has 2 aromatic rings. The second-order valence-electron chi connectivity index (χ2n) is 9.46. The Kier molecular flexibility index (Phi) is 5.84. The second-order valence-corrected chi connectivity index (χ2v) is 11.7. The van der Waals surface area contributed by atoms with Gasteiger partial charge in [0.15, 0.2) is 9.84 Å². The summed E-state index contributed by atoms with van der Waals surface area (Å²) in [5.74, 6) is 1.21. The Morgan fingerprint density at radius 2 is 1.97 bits per heavy atom. The van der Waals surface area contributed by atoms with Gasteiger partial charge < -0.3 is 9.47 Å². The summed E-state index contributed by atoms with van der Waals surface area (Å²) in [6.45, 7) is 2.03. The van der Waals surface area contributed by atoms with Gasteiger partial charge in [0.05, 0.1) is 42.6 Å². The molecule has 2 atom stereocenters. The van der Waals surface area contributed by atoms with Crippen LogP contribution >= 0.6 is 0 Å². The highest BCUT2D eigenvalue weighted by atomic mass is 32.2. The van der Waals surface area contributed by atoms with Crippen molar-refractivity contribution in [1.29, 1.82) is 0 Å². The lowest BCUT2D eigenvalue weighted by Crippen LogP contribution is -2.42. The fourth-order valence-corrected chi connectivity index (χ4v) is 6.76. The molecule has 1 saturated carbocycles. The largest absolute Gasteiger partial charge is 0.489 e. The normalized spacial score (nSPS) is 24.6. The van der Waals surface area contributed by atoms with Crippen LogP contribution in [-0.4, -0.2) is 55.1 Å². The van der Waals surface area contributed by atoms with Gasteiger partial charge in [0.2, 0.25) is 0 Å². The van der Waals surface area contributed by atoms with Crippen molar-refractivity contribution < 1.29 is 22.7 Å². The average molecular weight is 474 g/mol. The number of anilines is 1. The highest BCUT2D eigenvalue weighted by molar-refractivity contribution is 7.91. The molecule has 1 amide bonds. The number of hydrogen-bond donors (Lipinski definition) is 0. The third-order valence-electron chi connectivity index (χ3n) is 7.18. The van der Waals surface area contributed by atoms with Crippen molar-refractivity contribution in [1.82, 2.24) is 9.78 Å². The van der Waals surface area contributed by atoms with Crippen molar-refractivity contribution in [3.63, 3.8) is 0 Å². The number of ether oxygens (including phenoxy) is 2. The van der Waals surface area contributed by atoms with Crippen LogP contribution in [0.25, 0.3) is 11.1 Å². The van der Waals surface area contributed by atoms with Gasteiger partial charge >= 0.3 is 6.09 Å². The van der Waals surface area contributed by atoms with Crippen LogP contribution in [0.2, 0.25) is 0 Å². The van der Waals surface area contributed by atoms with Gasteiger partial charge in [-0.3, -0.25) is 9.58 Å². The summed E-state index contributed by atoms with van der Waals surface area (Å²) in [6.07, 6.45) is 9.87. The molecule has 3 aliphatic rings. The number of carbonyl (C=O) groups is 1. The van der Waals surface area contributed by atoms with E-state index in [0.29, 0.717) is 6.42 Å². The van der Waals surface area contributed by atoms with Crippen LogP contribution in [0, 0.1) is 0 Å². The van der Waals surface area contributed by atoms with E-state index in [2.05, 4.69) is 5.10 Å². The van der Waals surface area contributed by atoms with E-state index >= 15 is 0 Å². The molecule has 33 heavy (non-hydrogen) atoms. The van der Waals surface area contributed by atoms with Crippen LogP contribution in [0.1, 0.15) is 57.1 Å². The minimum absolute atomic E-state index is 0.0448. The molecule has 0 bridgehead atoms. The predicted octanol–water partition coefficient (Wildman–Crippen LogP) is 4.14. The van der Waals surface area contributed by atoms with Gasteiger partial charge in [-0.1, -0.05) is 0 Å². The highest BCUT2D eigenvalue weighted by Crippen LogP contribution is 2.45. The van der Waals surface area contributed by atoms with Gasteiger partial charge in [0.1, 0.15) is 5.75 Å². The molecule has 3 heterocycles. The second kappa shape index (κ2) is 8.66. The van der Waals surface area contributed by atoms with Gasteiger partial charge in [-0.25, -0.2) is 13.2 Å². The molecule has 178 valence electrons. The maximum absolute atomic E-state index is 12.5. The summed E-state index contributed by atoms with van der Waals surface area (Å²) in [5.41, 5.74) is 3.70. The van der Waals surface area contributed by atoms with Crippen molar-refractivity contribution in [3.8, 4) is 16.9 Å². The number of benzene rings is 1. The lowest BCUT2D eigenvalue weighted by Gasteiger charge is -2.37. The number of aromatic nitrogens is 2. The van der Waals surface area contributed by atoms with Crippen molar-refractivity contribution in [3.05, 3.63) is 30.1 Å². The van der Waals surface area contributed by atoms with E-state index in [-0.39, 0.29) is 35.8 Å². The van der Waals surface area contributed by atoms with Crippen LogP contribution in [0.4, 0.5) is 10.5 Å². The predicted molar refractivity (Wildman–Crippen MR) is 126 cm³/mol. The van der Waals surface area contributed by atoms with E-state index in [4.69, 9.17) is 9.47 Å². The zero-order valence-electron chi connectivity index (χ0n) is 19.2. The molecule has 1 saturated heterocycles. The molecular formula is C24H31N3O5S. The Balaban J connectivity index is 1.54. The zero-order chi connectivity index (χ0) is 23.2. The Morgan fingerprint density at radius 1 is 1.15 bits per heavy atom. The van der Waals surface area contributed by atoms with Crippen LogP contribution in [0.5, 0.6) is 5.75 Å². The Morgan fingerprint density at radius 3 is 2.67 bits per heavy atom. The molecule has 2 aliphatic heterocycles. The first-order valence-corrected chi connectivity index (χ1v) is 13.6. The number of sulfone groups is 1. The molecule has 5 rings (SSSR count). The quantitative estimate of drug-likeness (QED) is 0.663. The monoisotopic (exact) mass is 473 g/mol. The Hall–Kier alpha value is -2.55. The topological polar surface area (TPSA) is 90.7 Å². The maximum atomic E-state index is 12.5. The molecule has 1 aromatic carbocycles. The third kappa shape index (κ3) is 4.23. The van der Waals surface area contributed by atoms with Crippen molar-refractivity contribution >= 4 is 21.6 Å². The summed E-state index contributed by atoms with van der Waals surface area (Å²) >= 11 is 0. The van der Waals surface area contributed by atoms with Crippen LogP contribution in [0.15, 0.2) is 24.5 Å². The molecule has 0 spiro atoms. The summed E-state index contributed by atoms with van der Waals surface area (Å²) < 4.78 is 37.6. The van der Waals surface area contributed by atoms with E-state index in [1.165, 1.54) is 7.11 Å². The summed E-state index contributed by atoms with van der Waals surface area (Å²) in [7, 11) is -1.62. The molecule has 0 radical (unpaired) electrons. The minimum atomic E-state index is -3.02. The number of fused-ring (bicyclic) bond motifs is 1. The first kappa shape index (κ1) is 22.3. The average Bonchev–Trinajstić information content (AvgIpc) is 3.25. The van der Waals surface area contributed by atoms with E-state index in [9.17, 15) is 13.2 Å². The molecule has 8 nitrogen and oxygen atoms in total. The van der Waals surface area contributed by atoms with Gasteiger partial charge in [-0.15, -0.1) is 0 Å². The molecule has 1 aromatic heterocycles. The maximum Gasteiger partial charge on any atom is 0.414 e. The fourth-order valence-electron chi connectivity index (χ4n) is 5.08. The summed E-state index contributed by atoms with van der Waals surface area (Å²) in [6, 6.07) is 3.86. The van der Waals surface area contributed by atoms with E-state index in [1.807, 2.05) is 25.3 Å². The van der Waals surface area contributed by atoms with Crippen molar-refractivity contribution in [2.75, 3.05) is 23.5 Å². The number of amides is 1. The summed E-state index contributed by atoms with van der Waals surface area (Å²) in [4.78, 5) is 14.2. The minimum Gasteiger partial charge on any atom is -0.489 e. The number of methoxy groups -OCH3 is 1. The molecule has 0 N–H and O–H groups in total. The third-order valence-corrected chi connectivity index (χ3v) is 8.99. The lowest BCUT2D eigenvalue weighted by atomic mass is 9.91. The van der Waals surface area contributed by atoms with Crippen LogP contribution in [0.3, 0.4) is 0 Å². The highest BCUT2D eigenvalue weighted by Gasteiger charge is 2.34. The summed E-state index contributed by atoms with van der Waals surface area (Å²) in [5, 5.41) is 4.53. The van der Waals surface area contributed by atoms with Crippen molar-refractivity contribution in [2.45, 2.75) is 70.1 Å². The van der Waals surface area contributed by atoms with Gasteiger partial charge in [-0.2, -0.15) is 5.10 Å². The number of carbonyl (C=O) groups excluding carboxylic acids is 1. The standard InChI is InChI=1S/C24H31N3O5S/c1-16-8-9-21-22(27(16)24(28)31-2)11-10-20(23(21)32-19-6-3-7-19)17-13-25-26(14-17)18-5-4-12-33(29,30)15-18/h10-11,13-14,16,18-19H,3-9,12,15H2,1-2H3/t16-,18?/m0/s1. The molecule has 1 unspecified atom stereocenters. The zero-order valence-corrected chi connectivity index (χ0v) is 20.0. The first-order chi connectivity index (χ1) is 15.9. The fraction of sp³-hybridized carbons (Fsp3) is 0.583. The molecular weight excluding hydrogens is 442 g/mol. The van der Waals surface area contributed by atoms with E-state index in [1.54, 1.807) is 15.8 Å². The molecule has 2 fully saturated rings. The lowest BCUT2D eigenvalue weighted by molar-refractivity contribution is 0.119. The Bertz CT molecular complexity index is 1150. The Labute approximate surface area is 194 Å². The number of nitrogens with zero attached hydrogens (tertiary/aromatic N) is 3. The first-order valence-electron chi connectivity index (χ1n) is 11.8. The van der Waals surface area contributed by atoms with Crippen molar-refractivity contribution in [2.24, 2.45) is 0 Å². The van der Waals surface area contributed by atoms with E-state index in [0.717, 1.165) is 66.7 Å². The smallest absolute Gasteiger partial charge is 0.414 e. The van der Waals surface area contributed by atoms with E-state index < -0.39 is 9.84 Å². The van der Waals surface area contributed by atoms with Gasteiger partial charge in [0, 0.05) is 28.9 Å².